The molecule has 1 aromatic heterocycles. The van der Waals surface area contributed by atoms with Gasteiger partial charge in [-0.25, -0.2) is 4.98 Å². The largest absolute Gasteiger partial charge is 0.443 e. The van der Waals surface area contributed by atoms with Crippen molar-refractivity contribution >= 4 is 21.9 Å². The highest BCUT2D eigenvalue weighted by Gasteiger charge is 2.05. The van der Waals surface area contributed by atoms with Crippen LogP contribution in [0, 0.1) is 0 Å². The summed E-state index contributed by atoms with van der Waals surface area (Å²) >= 11 is 0. The van der Waals surface area contributed by atoms with E-state index in [4.69, 9.17) is 4.42 Å². The first-order valence-corrected chi connectivity index (χ1v) is 6.23. The van der Waals surface area contributed by atoms with Gasteiger partial charge in [0.2, 0.25) is 0 Å². The molecule has 0 aliphatic rings. The SMILES string of the molecule is c1ccc(-c2ccc3c(ccc4ncoc43)c2)cc1. The Labute approximate surface area is 110 Å². The Morgan fingerprint density at radius 1 is 0.789 bits per heavy atom. The Bertz CT molecular complexity index is 862. The highest BCUT2D eigenvalue weighted by atomic mass is 16.3. The zero-order chi connectivity index (χ0) is 12.7. The molecule has 2 nitrogen and oxygen atoms in total. The summed E-state index contributed by atoms with van der Waals surface area (Å²) in [7, 11) is 0. The molecule has 1 heterocycles. The Hall–Kier alpha value is -2.61. The van der Waals surface area contributed by atoms with Gasteiger partial charge in [-0.2, -0.15) is 0 Å². The van der Waals surface area contributed by atoms with Crippen molar-refractivity contribution in [3.63, 3.8) is 0 Å². The zero-order valence-electron chi connectivity index (χ0n) is 10.2. The summed E-state index contributed by atoms with van der Waals surface area (Å²) in [4.78, 5) is 4.18. The van der Waals surface area contributed by atoms with E-state index in [0.29, 0.717) is 0 Å². The quantitative estimate of drug-likeness (QED) is 0.488. The minimum atomic E-state index is 0.858. The third-order valence-corrected chi connectivity index (χ3v) is 3.42. The Balaban J connectivity index is 1.99. The number of aromatic nitrogens is 1. The number of benzene rings is 3. The molecule has 0 spiro atoms. The molecule has 0 N–H and O–H groups in total. The second-order valence-electron chi connectivity index (χ2n) is 4.57. The molecular formula is C17H11NO. The fourth-order valence-electron chi connectivity index (χ4n) is 2.46. The van der Waals surface area contributed by atoms with Gasteiger partial charge in [-0.1, -0.05) is 42.5 Å². The highest BCUT2D eigenvalue weighted by Crippen LogP contribution is 2.29. The van der Waals surface area contributed by atoms with Crippen molar-refractivity contribution in [1.29, 1.82) is 0 Å². The number of hydrogen-bond donors (Lipinski definition) is 0. The van der Waals surface area contributed by atoms with Crippen LogP contribution in [0.15, 0.2) is 71.5 Å². The minimum Gasteiger partial charge on any atom is -0.443 e. The van der Waals surface area contributed by atoms with Crippen LogP contribution in [0.1, 0.15) is 0 Å². The summed E-state index contributed by atoms with van der Waals surface area (Å²) in [6, 6.07) is 20.9. The fourth-order valence-corrected chi connectivity index (χ4v) is 2.46. The predicted molar refractivity (Wildman–Crippen MR) is 77.0 cm³/mol. The van der Waals surface area contributed by atoms with Gasteiger partial charge in [0.1, 0.15) is 5.52 Å². The normalized spacial score (nSPS) is 11.2. The highest BCUT2D eigenvalue weighted by molar-refractivity contribution is 6.04. The summed E-state index contributed by atoms with van der Waals surface area (Å²) in [6.45, 7) is 0. The van der Waals surface area contributed by atoms with E-state index in [2.05, 4.69) is 53.5 Å². The molecule has 0 saturated carbocycles. The van der Waals surface area contributed by atoms with Crippen molar-refractivity contribution in [2.75, 3.05) is 0 Å². The molecule has 0 amide bonds. The van der Waals surface area contributed by atoms with Crippen molar-refractivity contribution in [1.82, 2.24) is 4.98 Å². The molecule has 3 aromatic carbocycles. The molecule has 0 aliphatic carbocycles. The summed E-state index contributed by atoms with van der Waals surface area (Å²) < 4.78 is 5.47. The van der Waals surface area contributed by atoms with Crippen LogP contribution < -0.4 is 0 Å². The molecule has 0 fully saturated rings. The maximum absolute atomic E-state index is 5.47. The van der Waals surface area contributed by atoms with E-state index in [1.807, 2.05) is 12.1 Å². The first-order valence-electron chi connectivity index (χ1n) is 6.23. The van der Waals surface area contributed by atoms with Crippen LogP contribution in [-0.2, 0) is 0 Å². The lowest BCUT2D eigenvalue weighted by molar-refractivity contribution is 0.605. The Kier molecular flexibility index (Phi) is 2.15. The van der Waals surface area contributed by atoms with Crippen molar-refractivity contribution in [3.05, 3.63) is 67.1 Å². The Morgan fingerprint density at radius 2 is 1.68 bits per heavy atom. The van der Waals surface area contributed by atoms with Gasteiger partial charge < -0.3 is 4.42 Å². The van der Waals surface area contributed by atoms with E-state index < -0.39 is 0 Å². The maximum atomic E-state index is 5.47. The number of rotatable bonds is 1. The van der Waals surface area contributed by atoms with Crippen LogP contribution in [0.4, 0.5) is 0 Å². The Morgan fingerprint density at radius 3 is 2.58 bits per heavy atom. The van der Waals surface area contributed by atoms with Gasteiger partial charge in [0.15, 0.2) is 12.0 Å². The molecule has 0 bridgehead atoms. The summed E-state index contributed by atoms with van der Waals surface area (Å²) in [5.41, 5.74) is 4.20. The average Bonchev–Trinajstić information content (AvgIpc) is 2.96. The molecule has 19 heavy (non-hydrogen) atoms. The van der Waals surface area contributed by atoms with Gasteiger partial charge >= 0.3 is 0 Å². The topological polar surface area (TPSA) is 26.0 Å². The van der Waals surface area contributed by atoms with Gasteiger partial charge in [-0.05, 0) is 34.7 Å². The van der Waals surface area contributed by atoms with Crippen LogP contribution in [0.2, 0.25) is 0 Å². The van der Waals surface area contributed by atoms with Crippen molar-refractivity contribution in [3.8, 4) is 11.1 Å². The maximum Gasteiger partial charge on any atom is 0.182 e. The third kappa shape index (κ3) is 1.61. The van der Waals surface area contributed by atoms with Crippen LogP contribution in [0.25, 0.3) is 33.0 Å². The van der Waals surface area contributed by atoms with E-state index in [1.165, 1.54) is 22.9 Å². The van der Waals surface area contributed by atoms with E-state index >= 15 is 0 Å². The van der Waals surface area contributed by atoms with Gasteiger partial charge in [0, 0.05) is 5.39 Å². The van der Waals surface area contributed by atoms with Crippen molar-refractivity contribution in [2.24, 2.45) is 0 Å². The fraction of sp³-hybridized carbons (Fsp3) is 0. The van der Waals surface area contributed by atoms with E-state index in [9.17, 15) is 0 Å². The molecule has 0 unspecified atom stereocenters. The number of hydrogen-bond acceptors (Lipinski definition) is 2. The van der Waals surface area contributed by atoms with Crippen molar-refractivity contribution < 1.29 is 4.42 Å². The average molecular weight is 245 g/mol. The van der Waals surface area contributed by atoms with Crippen LogP contribution in [0.5, 0.6) is 0 Å². The lowest BCUT2D eigenvalue weighted by Gasteiger charge is -2.04. The number of oxazole rings is 1. The summed E-state index contributed by atoms with van der Waals surface area (Å²) in [5, 5.41) is 2.28. The van der Waals surface area contributed by atoms with Gasteiger partial charge in [-0.15, -0.1) is 0 Å². The van der Waals surface area contributed by atoms with Gasteiger partial charge in [-0.3, -0.25) is 0 Å². The molecule has 2 heteroatoms. The molecule has 4 aromatic rings. The zero-order valence-corrected chi connectivity index (χ0v) is 10.2. The molecule has 0 saturated heterocycles. The lowest BCUT2D eigenvalue weighted by atomic mass is 10.0. The van der Waals surface area contributed by atoms with Crippen molar-refractivity contribution in [2.45, 2.75) is 0 Å². The molecule has 4 rings (SSSR count). The number of fused-ring (bicyclic) bond motifs is 3. The molecule has 0 radical (unpaired) electrons. The lowest BCUT2D eigenvalue weighted by Crippen LogP contribution is -1.79. The van der Waals surface area contributed by atoms with Crippen LogP contribution in [-0.4, -0.2) is 4.98 Å². The number of nitrogens with zero attached hydrogens (tertiary/aromatic N) is 1. The van der Waals surface area contributed by atoms with E-state index in [1.54, 1.807) is 0 Å². The molecule has 0 aliphatic heterocycles. The van der Waals surface area contributed by atoms with Crippen LogP contribution in [0.3, 0.4) is 0 Å². The molecule has 90 valence electrons. The minimum absolute atomic E-state index is 0.858. The predicted octanol–water partition coefficient (Wildman–Crippen LogP) is 4.65. The smallest absolute Gasteiger partial charge is 0.182 e. The van der Waals surface area contributed by atoms with Gasteiger partial charge in [0.25, 0.3) is 0 Å². The van der Waals surface area contributed by atoms with E-state index in [-0.39, 0.29) is 0 Å². The molecular weight excluding hydrogens is 234 g/mol. The monoisotopic (exact) mass is 245 g/mol. The first-order chi connectivity index (χ1) is 9.42. The molecule has 0 atom stereocenters. The van der Waals surface area contributed by atoms with E-state index in [0.717, 1.165) is 16.5 Å². The second-order valence-corrected chi connectivity index (χ2v) is 4.57. The summed E-state index contributed by atoms with van der Waals surface area (Å²) in [6.07, 6.45) is 1.50. The standard InChI is InChI=1S/C17H11NO/c1-2-4-12(5-3-1)13-6-8-15-14(10-13)7-9-16-17(15)19-11-18-16/h1-11H. The van der Waals surface area contributed by atoms with Gasteiger partial charge in [0.05, 0.1) is 0 Å². The second kappa shape index (κ2) is 3.95. The van der Waals surface area contributed by atoms with Crippen LogP contribution >= 0.6 is 0 Å². The first kappa shape index (κ1) is 10.3. The third-order valence-electron chi connectivity index (χ3n) is 3.42. The summed E-state index contributed by atoms with van der Waals surface area (Å²) in [5.74, 6) is 0.